The number of carbonyl (C=O) groups is 2. The fraction of sp³-hybridized carbons (Fsp3) is 0.238. The molecule has 1 heterocycles. The van der Waals surface area contributed by atoms with Crippen LogP contribution in [-0.2, 0) is 9.59 Å². The van der Waals surface area contributed by atoms with Crippen LogP contribution < -0.4 is 9.64 Å². The number of carbonyl (C=O) groups excluding carboxylic acids is 2. The number of benzene rings is 2. The van der Waals surface area contributed by atoms with E-state index in [0.29, 0.717) is 11.4 Å². The van der Waals surface area contributed by atoms with Crippen molar-refractivity contribution in [3.8, 4) is 11.5 Å². The Morgan fingerprint density at radius 2 is 1.32 bits per heavy atom. The molecule has 1 saturated heterocycles. The first-order valence-electron chi connectivity index (χ1n) is 8.61. The van der Waals surface area contributed by atoms with Crippen LogP contribution in [0.4, 0.5) is 5.69 Å². The lowest BCUT2D eigenvalue weighted by molar-refractivity contribution is -0.123. The highest BCUT2D eigenvalue weighted by molar-refractivity contribution is 6.22. The van der Waals surface area contributed by atoms with Gasteiger partial charge in [-0.2, -0.15) is 0 Å². The van der Waals surface area contributed by atoms with Crippen LogP contribution in [0.3, 0.4) is 0 Å². The van der Waals surface area contributed by atoms with E-state index in [4.69, 9.17) is 4.74 Å². The first-order valence-corrected chi connectivity index (χ1v) is 8.61. The lowest BCUT2D eigenvalue weighted by atomic mass is 9.85. The van der Waals surface area contributed by atoms with Crippen molar-refractivity contribution < 1.29 is 14.3 Å². The van der Waals surface area contributed by atoms with E-state index >= 15 is 0 Å². The lowest BCUT2D eigenvalue weighted by Crippen LogP contribution is -2.32. The summed E-state index contributed by atoms with van der Waals surface area (Å²) in [6.07, 6.45) is 5.17. The highest BCUT2D eigenvalue weighted by Crippen LogP contribution is 2.53. The Bertz CT molecular complexity index is 842. The van der Waals surface area contributed by atoms with Gasteiger partial charge in [-0.1, -0.05) is 30.4 Å². The van der Waals surface area contributed by atoms with Crippen LogP contribution >= 0.6 is 0 Å². The SMILES string of the molecule is O=C1[C@@H]2[C@@H](C(=O)N1c1ccc(Oc3ccccc3)cc1)[C@@H]1C=C[C@@H]2C1. The number of nitrogens with zero attached hydrogens (tertiary/aromatic N) is 1. The highest BCUT2D eigenvalue weighted by atomic mass is 16.5. The maximum absolute atomic E-state index is 12.8. The third-order valence-electron chi connectivity index (χ3n) is 5.54. The van der Waals surface area contributed by atoms with Gasteiger partial charge in [0.25, 0.3) is 0 Å². The fourth-order valence-electron chi connectivity index (χ4n) is 4.44. The minimum absolute atomic E-state index is 0.0522. The zero-order chi connectivity index (χ0) is 17.0. The van der Waals surface area contributed by atoms with Crippen molar-refractivity contribution in [2.24, 2.45) is 23.7 Å². The molecule has 2 amide bonds. The zero-order valence-corrected chi connectivity index (χ0v) is 13.5. The molecule has 3 aliphatic rings. The fourth-order valence-corrected chi connectivity index (χ4v) is 4.44. The Balaban J connectivity index is 1.39. The van der Waals surface area contributed by atoms with Gasteiger partial charge in [-0.05, 0) is 54.7 Å². The summed E-state index contributed by atoms with van der Waals surface area (Å²) in [6.45, 7) is 0. The minimum Gasteiger partial charge on any atom is -0.457 e. The number of amides is 2. The van der Waals surface area contributed by atoms with Crippen LogP contribution in [0.15, 0.2) is 66.7 Å². The topological polar surface area (TPSA) is 46.6 Å². The minimum atomic E-state index is -0.164. The van der Waals surface area contributed by atoms with Crippen molar-refractivity contribution in [2.45, 2.75) is 6.42 Å². The Morgan fingerprint density at radius 3 is 1.92 bits per heavy atom. The van der Waals surface area contributed by atoms with Gasteiger partial charge in [-0.3, -0.25) is 14.5 Å². The van der Waals surface area contributed by atoms with E-state index in [0.717, 1.165) is 12.2 Å². The summed E-state index contributed by atoms with van der Waals surface area (Å²) in [7, 11) is 0. The van der Waals surface area contributed by atoms with Gasteiger partial charge in [0, 0.05) is 0 Å². The van der Waals surface area contributed by atoms with E-state index in [1.54, 1.807) is 24.3 Å². The van der Waals surface area contributed by atoms with Crippen molar-refractivity contribution in [3.63, 3.8) is 0 Å². The number of ether oxygens (including phenoxy) is 1. The van der Waals surface area contributed by atoms with Crippen molar-refractivity contribution >= 4 is 17.5 Å². The van der Waals surface area contributed by atoms with Gasteiger partial charge < -0.3 is 4.74 Å². The second kappa shape index (κ2) is 5.31. The summed E-state index contributed by atoms with van der Waals surface area (Å²) < 4.78 is 5.77. The number of fused-ring (bicyclic) bond motifs is 5. The summed E-state index contributed by atoms with van der Waals surface area (Å²) in [4.78, 5) is 27.0. The van der Waals surface area contributed by atoms with Crippen molar-refractivity contribution in [3.05, 3.63) is 66.7 Å². The van der Waals surface area contributed by atoms with E-state index in [1.807, 2.05) is 30.3 Å². The second-order valence-electron chi connectivity index (χ2n) is 6.92. The van der Waals surface area contributed by atoms with Gasteiger partial charge in [-0.15, -0.1) is 0 Å². The van der Waals surface area contributed by atoms with Crippen LogP contribution in [0.5, 0.6) is 11.5 Å². The summed E-state index contributed by atoms with van der Waals surface area (Å²) in [5.41, 5.74) is 0.629. The third-order valence-corrected chi connectivity index (χ3v) is 5.54. The molecule has 0 unspecified atom stereocenters. The number of para-hydroxylation sites is 1. The molecule has 2 fully saturated rings. The van der Waals surface area contributed by atoms with Gasteiger partial charge in [0.05, 0.1) is 17.5 Å². The van der Waals surface area contributed by atoms with Crippen LogP contribution in [0.1, 0.15) is 6.42 Å². The molecule has 2 aromatic carbocycles. The average molecular weight is 331 g/mol. The van der Waals surface area contributed by atoms with Gasteiger partial charge in [0.1, 0.15) is 11.5 Å². The predicted octanol–water partition coefficient (Wildman–Crippen LogP) is 3.79. The van der Waals surface area contributed by atoms with Crippen molar-refractivity contribution in [2.75, 3.05) is 4.90 Å². The molecule has 4 nitrogen and oxygen atoms in total. The Labute approximate surface area is 145 Å². The molecule has 124 valence electrons. The summed E-state index contributed by atoms with van der Waals surface area (Å²) in [5.74, 6) is 1.46. The normalized spacial score (nSPS) is 29.4. The largest absolute Gasteiger partial charge is 0.457 e. The number of hydrogen-bond acceptors (Lipinski definition) is 3. The van der Waals surface area contributed by atoms with E-state index in [-0.39, 0.29) is 35.5 Å². The molecule has 0 aromatic heterocycles. The van der Waals surface area contributed by atoms with E-state index in [9.17, 15) is 9.59 Å². The number of allylic oxidation sites excluding steroid dienone is 2. The number of imide groups is 1. The smallest absolute Gasteiger partial charge is 0.238 e. The van der Waals surface area contributed by atoms with Gasteiger partial charge >= 0.3 is 0 Å². The first-order chi connectivity index (χ1) is 12.2. The van der Waals surface area contributed by atoms with Crippen LogP contribution in [0.2, 0.25) is 0 Å². The molecule has 2 aromatic rings. The number of rotatable bonds is 3. The lowest BCUT2D eigenvalue weighted by Gasteiger charge is -2.17. The first kappa shape index (κ1) is 14.5. The number of hydrogen-bond donors (Lipinski definition) is 0. The van der Waals surface area contributed by atoms with Gasteiger partial charge in [0.2, 0.25) is 11.8 Å². The van der Waals surface area contributed by atoms with Crippen LogP contribution in [0, 0.1) is 23.7 Å². The molecule has 2 bridgehead atoms. The maximum Gasteiger partial charge on any atom is 0.238 e. The second-order valence-corrected chi connectivity index (χ2v) is 6.92. The Kier molecular flexibility index (Phi) is 3.07. The molecule has 4 heteroatoms. The molecule has 5 rings (SSSR count). The van der Waals surface area contributed by atoms with Gasteiger partial charge in [0.15, 0.2) is 0 Å². The molecule has 0 N–H and O–H groups in total. The molecular formula is C21H17NO3. The molecule has 0 spiro atoms. The molecular weight excluding hydrogens is 314 g/mol. The van der Waals surface area contributed by atoms with Crippen molar-refractivity contribution in [1.29, 1.82) is 0 Å². The molecule has 0 radical (unpaired) electrons. The Morgan fingerprint density at radius 1 is 0.760 bits per heavy atom. The Hall–Kier alpha value is -2.88. The predicted molar refractivity (Wildman–Crippen MR) is 93.2 cm³/mol. The van der Waals surface area contributed by atoms with Gasteiger partial charge in [-0.25, -0.2) is 0 Å². The number of anilines is 1. The molecule has 1 aliphatic heterocycles. The van der Waals surface area contributed by atoms with E-state index in [2.05, 4.69) is 12.2 Å². The van der Waals surface area contributed by atoms with E-state index < -0.39 is 0 Å². The summed E-state index contributed by atoms with van der Waals surface area (Å²) in [6, 6.07) is 16.7. The zero-order valence-electron chi connectivity index (χ0n) is 13.5. The molecule has 25 heavy (non-hydrogen) atoms. The van der Waals surface area contributed by atoms with Crippen LogP contribution in [-0.4, -0.2) is 11.8 Å². The summed E-state index contributed by atoms with van der Waals surface area (Å²) in [5, 5.41) is 0. The third kappa shape index (κ3) is 2.14. The maximum atomic E-state index is 12.8. The van der Waals surface area contributed by atoms with Crippen molar-refractivity contribution in [1.82, 2.24) is 0 Å². The molecule has 2 aliphatic carbocycles. The highest BCUT2D eigenvalue weighted by Gasteiger charge is 2.59. The van der Waals surface area contributed by atoms with Crippen LogP contribution in [0.25, 0.3) is 0 Å². The quantitative estimate of drug-likeness (QED) is 0.635. The molecule has 1 saturated carbocycles. The average Bonchev–Trinajstić information content (AvgIpc) is 3.31. The molecule has 4 atom stereocenters. The van der Waals surface area contributed by atoms with E-state index in [1.165, 1.54) is 4.90 Å². The standard InChI is InChI=1S/C21H17NO3/c23-20-18-13-6-7-14(12-13)19(18)21(24)22(20)15-8-10-17(11-9-15)25-16-4-2-1-3-5-16/h1-11,13-14,18-19H,12H2/t13-,14-,18+,19+/m1/s1. The monoisotopic (exact) mass is 331 g/mol. The summed E-state index contributed by atoms with van der Waals surface area (Å²) >= 11 is 0.